The Morgan fingerprint density at radius 3 is 2.81 bits per heavy atom. The van der Waals surface area contributed by atoms with Crippen LogP contribution >= 0.6 is 0 Å². The maximum absolute atomic E-state index is 12.7. The number of carbonyl (C=O) groups is 1. The minimum absolute atomic E-state index is 0.0474. The summed E-state index contributed by atoms with van der Waals surface area (Å²) in [5, 5.41) is 1.30. The SMILES string of the molecule is CC(Oc1cccnc1)C(=O)N1CCC(c2c[nH]c3ccccc23)CC1. The molecule has 0 bridgehead atoms. The van der Waals surface area contributed by atoms with Crippen LogP contribution < -0.4 is 4.74 Å². The number of pyridine rings is 1. The molecule has 1 saturated heterocycles. The second-order valence-corrected chi connectivity index (χ2v) is 6.84. The highest BCUT2D eigenvalue weighted by atomic mass is 16.5. The Morgan fingerprint density at radius 2 is 2.04 bits per heavy atom. The lowest BCUT2D eigenvalue weighted by molar-refractivity contribution is -0.139. The van der Waals surface area contributed by atoms with Gasteiger partial charge in [0.1, 0.15) is 5.75 Å². The van der Waals surface area contributed by atoms with E-state index in [0.29, 0.717) is 11.7 Å². The zero-order valence-corrected chi connectivity index (χ0v) is 14.9. The maximum atomic E-state index is 12.7. The van der Waals surface area contributed by atoms with E-state index in [2.05, 4.69) is 34.4 Å². The van der Waals surface area contributed by atoms with E-state index >= 15 is 0 Å². The Balaban J connectivity index is 1.38. The highest BCUT2D eigenvalue weighted by molar-refractivity contribution is 5.84. The van der Waals surface area contributed by atoms with Gasteiger partial charge in [0.15, 0.2) is 6.10 Å². The third-order valence-electron chi connectivity index (χ3n) is 5.16. The monoisotopic (exact) mass is 349 g/mol. The molecule has 1 amide bonds. The van der Waals surface area contributed by atoms with E-state index in [4.69, 9.17) is 4.74 Å². The van der Waals surface area contributed by atoms with Crippen LogP contribution in [0.4, 0.5) is 0 Å². The van der Waals surface area contributed by atoms with Crippen molar-refractivity contribution in [1.82, 2.24) is 14.9 Å². The molecule has 0 saturated carbocycles. The molecule has 2 aromatic heterocycles. The first-order chi connectivity index (χ1) is 12.7. The van der Waals surface area contributed by atoms with Gasteiger partial charge in [-0.15, -0.1) is 0 Å². The standard InChI is InChI=1S/C21H23N3O2/c1-15(26-17-5-4-10-22-13-17)21(25)24-11-8-16(9-12-24)19-14-23-20-7-3-2-6-18(19)20/h2-7,10,13-16,23H,8-9,11-12H2,1H3. The van der Waals surface area contributed by atoms with E-state index in [1.54, 1.807) is 25.4 Å². The number of piperidine rings is 1. The van der Waals surface area contributed by atoms with E-state index < -0.39 is 6.10 Å². The number of amides is 1. The number of aromatic nitrogens is 2. The topological polar surface area (TPSA) is 58.2 Å². The molecule has 0 aliphatic carbocycles. The molecule has 3 aromatic rings. The van der Waals surface area contributed by atoms with Crippen LogP contribution in [-0.4, -0.2) is 40.0 Å². The van der Waals surface area contributed by atoms with Gasteiger partial charge in [0.25, 0.3) is 5.91 Å². The van der Waals surface area contributed by atoms with E-state index in [9.17, 15) is 4.79 Å². The minimum atomic E-state index is -0.496. The Morgan fingerprint density at radius 1 is 1.23 bits per heavy atom. The molecule has 1 aromatic carbocycles. The zero-order valence-electron chi connectivity index (χ0n) is 14.9. The number of hydrogen-bond donors (Lipinski definition) is 1. The van der Waals surface area contributed by atoms with Crippen molar-refractivity contribution < 1.29 is 9.53 Å². The summed E-state index contributed by atoms with van der Waals surface area (Å²) in [5.41, 5.74) is 2.55. The van der Waals surface area contributed by atoms with Crippen molar-refractivity contribution in [3.8, 4) is 5.75 Å². The number of nitrogens with one attached hydrogen (secondary N) is 1. The van der Waals surface area contributed by atoms with E-state index in [1.165, 1.54) is 16.5 Å². The lowest BCUT2D eigenvalue weighted by Gasteiger charge is -2.33. The fourth-order valence-corrected chi connectivity index (χ4v) is 3.77. The summed E-state index contributed by atoms with van der Waals surface area (Å²) >= 11 is 0. The summed E-state index contributed by atoms with van der Waals surface area (Å²) in [7, 11) is 0. The van der Waals surface area contributed by atoms with Gasteiger partial charge in [-0.2, -0.15) is 0 Å². The van der Waals surface area contributed by atoms with Crippen molar-refractivity contribution in [3.05, 3.63) is 60.6 Å². The normalized spacial score (nSPS) is 16.6. The molecule has 3 heterocycles. The predicted octanol–water partition coefficient (Wildman–Crippen LogP) is 3.74. The molecular formula is C21H23N3O2. The largest absolute Gasteiger partial charge is 0.479 e. The van der Waals surface area contributed by atoms with Crippen LogP contribution in [0.2, 0.25) is 0 Å². The number of rotatable bonds is 4. The van der Waals surface area contributed by atoms with Gasteiger partial charge in [0.05, 0.1) is 6.20 Å². The van der Waals surface area contributed by atoms with Crippen molar-refractivity contribution in [2.75, 3.05) is 13.1 Å². The van der Waals surface area contributed by atoms with Crippen molar-refractivity contribution in [1.29, 1.82) is 0 Å². The molecule has 5 heteroatoms. The average Bonchev–Trinajstić information content (AvgIpc) is 3.12. The Hall–Kier alpha value is -2.82. The maximum Gasteiger partial charge on any atom is 0.263 e. The van der Waals surface area contributed by atoms with Crippen LogP contribution in [-0.2, 0) is 4.79 Å². The first-order valence-corrected chi connectivity index (χ1v) is 9.14. The van der Waals surface area contributed by atoms with Gasteiger partial charge in [0.2, 0.25) is 0 Å². The molecule has 1 aliphatic rings. The molecule has 1 unspecified atom stereocenters. The van der Waals surface area contributed by atoms with Crippen molar-refractivity contribution >= 4 is 16.8 Å². The van der Waals surface area contributed by atoms with Crippen LogP contribution in [0.15, 0.2) is 55.0 Å². The molecule has 1 atom stereocenters. The van der Waals surface area contributed by atoms with Crippen LogP contribution in [0.25, 0.3) is 10.9 Å². The van der Waals surface area contributed by atoms with E-state index in [0.717, 1.165) is 25.9 Å². The summed E-state index contributed by atoms with van der Waals surface area (Å²) < 4.78 is 5.73. The number of nitrogens with zero attached hydrogens (tertiary/aromatic N) is 2. The summed E-state index contributed by atoms with van der Waals surface area (Å²) in [6.07, 6.45) is 6.91. The number of ether oxygens (including phenoxy) is 1. The second-order valence-electron chi connectivity index (χ2n) is 6.84. The first kappa shape index (κ1) is 16.6. The van der Waals surface area contributed by atoms with E-state index in [1.807, 2.05) is 17.0 Å². The molecule has 134 valence electrons. The number of hydrogen-bond acceptors (Lipinski definition) is 3. The van der Waals surface area contributed by atoms with Crippen LogP contribution in [0.1, 0.15) is 31.2 Å². The van der Waals surface area contributed by atoms with Gasteiger partial charge in [-0.25, -0.2) is 0 Å². The number of H-pyrrole nitrogens is 1. The quantitative estimate of drug-likeness (QED) is 0.781. The fraction of sp³-hybridized carbons (Fsp3) is 0.333. The number of carbonyl (C=O) groups excluding carboxylic acids is 1. The van der Waals surface area contributed by atoms with Crippen LogP contribution in [0.3, 0.4) is 0 Å². The molecule has 1 fully saturated rings. The summed E-state index contributed by atoms with van der Waals surface area (Å²) in [4.78, 5) is 22.0. The van der Waals surface area contributed by atoms with Gasteiger partial charge < -0.3 is 14.6 Å². The van der Waals surface area contributed by atoms with Gasteiger partial charge in [-0.1, -0.05) is 18.2 Å². The van der Waals surface area contributed by atoms with Crippen LogP contribution in [0, 0.1) is 0 Å². The van der Waals surface area contributed by atoms with Crippen molar-refractivity contribution in [2.45, 2.75) is 31.8 Å². The average molecular weight is 349 g/mol. The first-order valence-electron chi connectivity index (χ1n) is 9.14. The predicted molar refractivity (Wildman–Crippen MR) is 101 cm³/mol. The molecule has 5 nitrogen and oxygen atoms in total. The van der Waals surface area contributed by atoms with Gasteiger partial charge in [0, 0.05) is 36.4 Å². The van der Waals surface area contributed by atoms with Gasteiger partial charge in [-0.3, -0.25) is 9.78 Å². The molecule has 0 spiro atoms. The molecule has 0 radical (unpaired) electrons. The summed E-state index contributed by atoms with van der Waals surface area (Å²) in [6, 6.07) is 12.0. The van der Waals surface area contributed by atoms with Crippen LogP contribution in [0.5, 0.6) is 5.75 Å². The number of para-hydroxylation sites is 1. The van der Waals surface area contributed by atoms with E-state index in [-0.39, 0.29) is 5.91 Å². The number of likely N-dealkylation sites (tertiary alicyclic amines) is 1. The third-order valence-corrected chi connectivity index (χ3v) is 5.16. The molecular weight excluding hydrogens is 326 g/mol. The number of benzene rings is 1. The molecule has 1 aliphatic heterocycles. The van der Waals surface area contributed by atoms with Crippen molar-refractivity contribution in [3.63, 3.8) is 0 Å². The zero-order chi connectivity index (χ0) is 17.9. The highest BCUT2D eigenvalue weighted by Crippen LogP contribution is 2.33. The van der Waals surface area contributed by atoms with Gasteiger partial charge in [-0.05, 0) is 49.4 Å². The molecule has 1 N–H and O–H groups in total. The third kappa shape index (κ3) is 3.29. The smallest absolute Gasteiger partial charge is 0.263 e. The Bertz CT molecular complexity index is 882. The molecule has 26 heavy (non-hydrogen) atoms. The van der Waals surface area contributed by atoms with Gasteiger partial charge >= 0.3 is 0 Å². The lowest BCUT2D eigenvalue weighted by atomic mass is 9.89. The number of fused-ring (bicyclic) bond motifs is 1. The minimum Gasteiger partial charge on any atom is -0.479 e. The lowest BCUT2D eigenvalue weighted by Crippen LogP contribution is -2.44. The summed E-state index contributed by atoms with van der Waals surface area (Å²) in [5.74, 6) is 1.16. The second kappa shape index (κ2) is 7.20. The highest BCUT2D eigenvalue weighted by Gasteiger charge is 2.28. The fourth-order valence-electron chi connectivity index (χ4n) is 3.77. The number of aromatic amines is 1. The molecule has 4 rings (SSSR count). The van der Waals surface area contributed by atoms with Crippen molar-refractivity contribution in [2.24, 2.45) is 0 Å². The summed E-state index contributed by atoms with van der Waals surface area (Å²) in [6.45, 7) is 3.34. The Labute approximate surface area is 153 Å². The Kier molecular flexibility index (Phi) is 4.61.